The van der Waals surface area contributed by atoms with Gasteiger partial charge >= 0.3 is 0 Å². The molecule has 2 aliphatic heterocycles. The van der Waals surface area contributed by atoms with Crippen LogP contribution in [-0.4, -0.2) is 49.0 Å². The van der Waals surface area contributed by atoms with Gasteiger partial charge in [-0.2, -0.15) is 0 Å². The Kier molecular flexibility index (Phi) is 2.92. The highest BCUT2D eigenvalue weighted by atomic mass is 32.2. The molecule has 0 amide bonds. The molecule has 1 aromatic rings. The number of aliphatic hydroxyl groups excluding tert-OH is 2. The van der Waals surface area contributed by atoms with Crippen LogP contribution in [0.25, 0.3) is 0 Å². The SMILES string of the molecule is O=S1(=O)CC(O)C(Oc2ccc3c(c2)OCC3O)C1. The number of sulfone groups is 1. The van der Waals surface area contributed by atoms with Crippen molar-refractivity contribution in [2.75, 3.05) is 18.1 Å². The van der Waals surface area contributed by atoms with Crippen molar-refractivity contribution in [3.63, 3.8) is 0 Å². The lowest BCUT2D eigenvalue weighted by atomic mass is 10.1. The van der Waals surface area contributed by atoms with E-state index in [1.807, 2.05) is 0 Å². The molecule has 0 radical (unpaired) electrons. The number of rotatable bonds is 2. The monoisotopic (exact) mass is 286 g/mol. The van der Waals surface area contributed by atoms with E-state index in [0.29, 0.717) is 17.1 Å². The van der Waals surface area contributed by atoms with E-state index in [1.54, 1.807) is 18.2 Å². The topological polar surface area (TPSA) is 93.1 Å². The molecule has 19 heavy (non-hydrogen) atoms. The number of ether oxygens (including phenoxy) is 2. The first-order valence-electron chi connectivity index (χ1n) is 5.94. The lowest BCUT2D eigenvalue weighted by molar-refractivity contribution is 0.0736. The van der Waals surface area contributed by atoms with Crippen LogP contribution < -0.4 is 9.47 Å². The first-order chi connectivity index (χ1) is 8.94. The van der Waals surface area contributed by atoms with Gasteiger partial charge in [-0.3, -0.25) is 0 Å². The smallest absolute Gasteiger partial charge is 0.156 e. The van der Waals surface area contributed by atoms with Crippen LogP contribution in [0.3, 0.4) is 0 Å². The zero-order valence-electron chi connectivity index (χ0n) is 10.0. The van der Waals surface area contributed by atoms with Gasteiger partial charge in [0.05, 0.1) is 11.5 Å². The minimum Gasteiger partial charge on any atom is -0.490 e. The van der Waals surface area contributed by atoms with Gasteiger partial charge in [0.1, 0.15) is 36.4 Å². The Bertz CT molecular complexity index is 596. The maximum absolute atomic E-state index is 11.4. The second-order valence-electron chi connectivity index (χ2n) is 4.83. The summed E-state index contributed by atoms with van der Waals surface area (Å²) in [7, 11) is -3.23. The highest BCUT2D eigenvalue weighted by molar-refractivity contribution is 7.91. The maximum atomic E-state index is 11.4. The molecule has 7 heteroatoms. The van der Waals surface area contributed by atoms with Crippen molar-refractivity contribution >= 4 is 9.84 Å². The first-order valence-corrected chi connectivity index (χ1v) is 7.77. The van der Waals surface area contributed by atoms with Crippen molar-refractivity contribution in [2.24, 2.45) is 0 Å². The average Bonchev–Trinajstić information content (AvgIpc) is 2.80. The Morgan fingerprint density at radius 3 is 2.74 bits per heavy atom. The van der Waals surface area contributed by atoms with Crippen molar-refractivity contribution in [1.29, 1.82) is 0 Å². The summed E-state index contributed by atoms with van der Waals surface area (Å²) < 4.78 is 33.5. The molecule has 3 atom stereocenters. The molecule has 3 unspecified atom stereocenters. The average molecular weight is 286 g/mol. The zero-order chi connectivity index (χ0) is 13.6. The third-order valence-corrected chi connectivity index (χ3v) is 4.99. The standard InChI is InChI=1S/C12H14O6S/c13-9-4-17-11-3-7(1-2-8(9)11)18-12-6-19(15,16)5-10(12)14/h1-3,9-10,12-14H,4-6H2. The number of aliphatic hydroxyl groups is 2. The van der Waals surface area contributed by atoms with Gasteiger partial charge in [0.2, 0.25) is 0 Å². The maximum Gasteiger partial charge on any atom is 0.156 e. The largest absolute Gasteiger partial charge is 0.490 e. The zero-order valence-corrected chi connectivity index (χ0v) is 10.8. The predicted octanol–water partition coefficient (Wildman–Crippen LogP) is -0.351. The van der Waals surface area contributed by atoms with Crippen LogP contribution in [0.5, 0.6) is 11.5 Å². The van der Waals surface area contributed by atoms with Crippen LogP contribution in [0, 0.1) is 0 Å². The highest BCUT2D eigenvalue weighted by Crippen LogP contribution is 2.35. The van der Waals surface area contributed by atoms with Gasteiger partial charge in [-0.05, 0) is 12.1 Å². The molecule has 1 aromatic carbocycles. The summed E-state index contributed by atoms with van der Waals surface area (Å²) in [6, 6.07) is 4.91. The van der Waals surface area contributed by atoms with Crippen LogP contribution in [0.1, 0.15) is 11.7 Å². The molecular formula is C12H14O6S. The molecule has 0 spiro atoms. The van der Waals surface area contributed by atoms with E-state index in [1.165, 1.54) is 0 Å². The summed E-state index contributed by atoms with van der Waals surface area (Å²) in [5.74, 6) is 0.501. The third kappa shape index (κ3) is 2.41. The second kappa shape index (κ2) is 4.36. The Hall–Kier alpha value is -1.31. The van der Waals surface area contributed by atoms with Gasteiger partial charge in [-0.15, -0.1) is 0 Å². The predicted molar refractivity (Wildman–Crippen MR) is 66.0 cm³/mol. The number of hydrogen-bond acceptors (Lipinski definition) is 6. The van der Waals surface area contributed by atoms with E-state index in [9.17, 15) is 18.6 Å². The summed E-state index contributed by atoms with van der Waals surface area (Å²) in [5, 5.41) is 19.2. The second-order valence-corrected chi connectivity index (χ2v) is 6.98. The first kappa shape index (κ1) is 12.7. The van der Waals surface area contributed by atoms with Crippen molar-refractivity contribution in [2.45, 2.75) is 18.3 Å². The Morgan fingerprint density at radius 2 is 2.05 bits per heavy atom. The van der Waals surface area contributed by atoms with E-state index in [4.69, 9.17) is 9.47 Å². The van der Waals surface area contributed by atoms with Gasteiger partial charge in [-0.1, -0.05) is 0 Å². The molecule has 3 rings (SSSR count). The van der Waals surface area contributed by atoms with E-state index in [0.717, 1.165) is 0 Å². The number of benzene rings is 1. The molecule has 0 aliphatic carbocycles. The van der Waals surface area contributed by atoms with Crippen molar-refractivity contribution < 1.29 is 28.1 Å². The van der Waals surface area contributed by atoms with Crippen molar-refractivity contribution in [3.05, 3.63) is 23.8 Å². The third-order valence-electron chi connectivity index (χ3n) is 3.30. The van der Waals surface area contributed by atoms with Crippen LogP contribution in [0.15, 0.2) is 18.2 Å². The molecule has 0 aromatic heterocycles. The molecule has 2 heterocycles. The summed E-state index contributed by atoms with van der Waals surface area (Å²) in [4.78, 5) is 0. The lowest BCUT2D eigenvalue weighted by Gasteiger charge is -2.16. The summed E-state index contributed by atoms with van der Waals surface area (Å²) >= 11 is 0. The molecule has 6 nitrogen and oxygen atoms in total. The Balaban J connectivity index is 1.78. The van der Waals surface area contributed by atoms with Crippen LogP contribution in [0.4, 0.5) is 0 Å². The van der Waals surface area contributed by atoms with Crippen LogP contribution in [-0.2, 0) is 9.84 Å². The minimum atomic E-state index is -3.23. The van der Waals surface area contributed by atoms with Gasteiger partial charge in [0, 0.05) is 11.6 Å². The highest BCUT2D eigenvalue weighted by Gasteiger charge is 2.38. The van der Waals surface area contributed by atoms with Gasteiger partial charge in [-0.25, -0.2) is 8.42 Å². The fourth-order valence-electron chi connectivity index (χ4n) is 2.33. The lowest BCUT2D eigenvalue weighted by Crippen LogP contribution is -2.29. The van der Waals surface area contributed by atoms with E-state index < -0.39 is 28.1 Å². The van der Waals surface area contributed by atoms with Crippen LogP contribution in [0.2, 0.25) is 0 Å². The van der Waals surface area contributed by atoms with Crippen molar-refractivity contribution in [1.82, 2.24) is 0 Å². The molecule has 2 aliphatic rings. The van der Waals surface area contributed by atoms with E-state index >= 15 is 0 Å². The molecule has 0 saturated carbocycles. The summed E-state index contributed by atoms with van der Waals surface area (Å²) in [5.41, 5.74) is 0.687. The fourth-order valence-corrected chi connectivity index (χ4v) is 3.99. The molecule has 1 saturated heterocycles. The van der Waals surface area contributed by atoms with Crippen molar-refractivity contribution in [3.8, 4) is 11.5 Å². The fraction of sp³-hybridized carbons (Fsp3) is 0.500. The van der Waals surface area contributed by atoms with Crippen LogP contribution >= 0.6 is 0 Å². The number of fused-ring (bicyclic) bond motifs is 1. The molecule has 2 N–H and O–H groups in total. The quantitative estimate of drug-likeness (QED) is 0.772. The molecule has 1 fully saturated rings. The normalized spacial score (nSPS) is 31.8. The van der Waals surface area contributed by atoms with Gasteiger partial charge in [0.15, 0.2) is 9.84 Å². The van der Waals surface area contributed by atoms with E-state index in [2.05, 4.69) is 0 Å². The van der Waals surface area contributed by atoms with E-state index in [-0.39, 0.29) is 18.1 Å². The Labute approximate surface area is 110 Å². The molecular weight excluding hydrogens is 272 g/mol. The summed E-state index contributed by atoms with van der Waals surface area (Å²) in [6.07, 6.45) is -2.40. The minimum absolute atomic E-state index is 0.186. The van der Waals surface area contributed by atoms with Gasteiger partial charge < -0.3 is 19.7 Å². The Morgan fingerprint density at radius 1 is 1.26 bits per heavy atom. The molecule has 104 valence electrons. The van der Waals surface area contributed by atoms with Gasteiger partial charge in [0.25, 0.3) is 0 Å². The number of hydrogen-bond donors (Lipinski definition) is 2. The summed E-state index contributed by atoms with van der Waals surface area (Å²) in [6.45, 7) is 0.208. The molecule has 0 bridgehead atoms.